The lowest BCUT2D eigenvalue weighted by atomic mass is 10.1. The van der Waals surface area contributed by atoms with Crippen LogP contribution in [0.4, 0.5) is 29.5 Å². The number of halogens is 3. The second-order valence-corrected chi connectivity index (χ2v) is 13.2. The normalized spacial score (nSPS) is 17.0. The average Bonchev–Trinajstić information content (AvgIpc) is 3.43. The third kappa shape index (κ3) is 9.90. The summed E-state index contributed by atoms with van der Waals surface area (Å²) in [5, 5.41) is 17.4. The maximum Gasteiger partial charge on any atom is 0.418 e. The Hall–Kier alpha value is -4.74. The lowest BCUT2D eigenvalue weighted by molar-refractivity contribution is -0.139. The molecule has 0 bridgehead atoms. The van der Waals surface area contributed by atoms with Crippen LogP contribution in [-0.2, 0) is 30.5 Å². The predicted octanol–water partition coefficient (Wildman–Crippen LogP) is 3.68. The van der Waals surface area contributed by atoms with E-state index in [4.69, 9.17) is 4.74 Å². The summed E-state index contributed by atoms with van der Waals surface area (Å²) >= 11 is 0. The third-order valence-corrected chi connectivity index (χ3v) is 9.49. The van der Waals surface area contributed by atoms with Gasteiger partial charge in [-0.3, -0.25) is 9.59 Å². The van der Waals surface area contributed by atoms with Crippen molar-refractivity contribution in [1.82, 2.24) is 19.9 Å². The number of aliphatic carboxylic acids is 1. The zero-order valence-electron chi connectivity index (χ0n) is 26.9. The van der Waals surface area contributed by atoms with Crippen LogP contribution < -0.4 is 20.7 Å². The van der Waals surface area contributed by atoms with Gasteiger partial charge in [-0.25, -0.2) is 18.2 Å². The zero-order chi connectivity index (χ0) is 35.9. The summed E-state index contributed by atoms with van der Waals surface area (Å²) in [5.74, 6) is -1.76. The number of nitrogens with zero attached hydrogens (tertiary/aromatic N) is 2. The quantitative estimate of drug-likeness (QED) is 0.177. The van der Waals surface area contributed by atoms with Crippen LogP contribution >= 0.6 is 0 Å². The molecule has 1 aliphatic heterocycles. The second-order valence-electron chi connectivity index (χ2n) is 11.6. The number of hydrogen-bond donors (Lipinski definition) is 5. The SMILES string of the molecule is Cc1cc(C)c(S(=O)(=O)N[C@@H](CNC(=O)CO[C@@H]2C[C@@H](CNc3ccccn3)N(C(=O)Nc3ccccc3C(F)(F)F)C2)C(=O)O)c(C)c1. The fraction of sp³-hybridized carbons (Fsp3) is 0.375. The first-order chi connectivity index (χ1) is 23.0. The summed E-state index contributed by atoms with van der Waals surface area (Å²) in [6.45, 7) is 3.93. The number of carbonyl (C=O) groups excluding carboxylic acids is 2. The van der Waals surface area contributed by atoms with Gasteiger partial charge in [-0.2, -0.15) is 17.9 Å². The summed E-state index contributed by atoms with van der Waals surface area (Å²) in [6, 6.07) is 9.97. The summed E-state index contributed by atoms with van der Waals surface area (Å²) in [4.78, 5) is 43.2. The molecule has 0 radical (unpaired) electrons. The molecule has 0 spiro atoms. The van der Waals surface area contributed by atoms with Gasteiger partial charge in [0.1, 0.15) is 18.5 Å². The number of pyridine rings is 1. The summed E-state index contributed by atoms with van der Waals surface area (Å²) in [6.07, 6.45) is -3.66. The van der Waals surface area contributed by atoms with Crippen molar-refractivity contribution in [1.29, 1.82) is 0 Å². The molecule has 1 fully saturated rings. The van der Waals surface area contributed by atoms with Gasteiger partial charge in [0.05, 0.1) is 28.3 Å². The molecule has 3 atom stereocenters. The van der Waals surface area contributed by atoms with Crippen LogP contribution in [0.2, 0.25) is 0 Å². The molecule has 1 aliphatic rings. The largest absolute Gasteiger partial charge is 0.480 e. The van der Waals surface area contributed by atoms with Gasteiger partial charge in [-0.1, -0.05) is 35.9 Å². The number of nitrogens with one attached hydrogen (secondary N) is 4. The molecule has 13 nitrogen and oxygen atoms in total. The van der Waals surface area contributed by atoms with Crippen LogP contribution in [0.5, 0.6) is 0 Å². The van der Waals surface area contributed by atoms with Gasteiger partial charge in [0.2, 0.25) is 15.9 Å². The number of aromatic nitrogens is 1. The molecule has 1 saturated heterocycles. The van der Waals surface area contributed by atoms with Crippen molar-refractivity contribution in [2.45, 2.75) is 56.5 Å². The Morgan fingerprint density at radius 3 is 2.37 bits per heavy atom. The van der Waals surface area contributed by atoms with Crippen LogP contribution in [0.1, 0.15) is 28.7 Å². The molecule has 2 aromatic carbocycles. The number of sulfonamides is 1. The standard InChI is InChI=1S/C32H37F3N6O7S/c1-19-12-20(2)29(21(3)13-19)49(46,47)40-26(30(43)44)16-38-28(42)18-48-23-14-22(15-37-27-10-6-7-11-36-27)41(17-23)31(45)39-25-9-5-4-8-24(25)32(33,34)35/h4-13,22-23,26,40H,14-18H2,1-3H3,(H,36,37)(H,38,42)(H,39,45)(H,43,44)/t22-,23+,26-/m0/s1. The number of rotatable bonds is 13. The molecular weight excluding hydrogens is 669 g/mol. The van der Waals surface area contributed by atoms with Crippen LogP contribution in [0, 0.1) is 20.8 Å². The van der Waals surface area contributed by atoms with Crippen LogP contribution in [-0.4, -0.2) is 85.7 Å². The number of carbonyl (C=O) groups is 3. The number of urea groups is 1. The van der Waals surface area contributed by atoms with Gasteiger partial charge in [0, 0.05) is 25.8 Å². The highest BCUT2D eigenvalue weighted by atomic mass is 32.2. The number of aryl methyl sites for hydroxylation is 3. The van der Waals surface area contributed by atoms with Crippen molar-refractivity contribution in [2.24, 2.45) is 0 Å². The number of benzene rings is 2. The molecule has 5 N–H and O–H groups in total. The van der Waals surface area contributed by atoms with Gasteiger partial charge in [-0.15, -0.1) is 0 Å². The Bertz CT molecular complexity index is 1750. The minimum atomic E-state index is -4.70. The maximum absolute atomic E-state index is 13.6. The molecule has 49 heavy (non-hydrogen) atoms. The molecule has 17 heteroatoms. The van der Waals surface area contributed by atoms with E-state index < -0.39 is 76.7 Å². The average molecular weight is 707 g/mol. The molecule has 4 rings (SSSR count). The minimum absolute atomic E-state index is 0.0529. The monoisotopic (exact) mass is 706 g/mol. The number of alkyl halides is 3. The van der Waals surface area contributed by atoms with Gasteiger partial charge in [0.25, 0.3) is 0 Å². The van der Waals surface area contributed by atoms with Crippen LogP contribution in [0.15, 0.2) is 65.7 Å². The topological polar surface area (TPSA) is 179 Å². The van der Waals surface area contributed by atoms with Crippen molar-refractivity contribution < 1.29 is 45.8 Å². The van der Waals surface area contributed by atoms with E-state index >= 15 is 0 Å². The molecule has 0 saturated carbocycles. The van der Waals surface area contributed by atoms with Gasteiger partial charge < -0.3 is 30.7 Å². The van der Waals surface area contributed by atoms with E-state index in [1.807, 2.05) is 0 Å². The van der Waals surface area contributed by atoms with Crippen molar-refractivity contribution in [2.75, 3.05) is 36.9 Å². The van der Waals surface area contributed by atoms with E-state index in [0.717, 1.165) is 17.7 Å². The first-order valence-electron chi connectivity index (χ1n) is 15.1. The first kappa shape index (κ1) is 37.1. The number of amides is 3. The highest BCUT2D eigenvalue weighted by molar-refractivity contribution is 7.89. The lowest BCUT2D eigenvalue weighted by Crippen LogP contribution is -2.49. The molecule has 3 amide bonds. The molecular formula is C32H37F3N6O7S. The summed E-state index contributed by atoms with van der Waals surface area (Å²) in [5.41, 5.74) is 0.273. The van der Waals surface area contributed by atoms with Gasteiger partial charge in [-0.05, 0) is 62.6 Å². The molecule has 2 heterocycles. The molecule has 3 aromatic rings. The number of ether oxygens (including phenoxy) is 1. The Kier molecular flexibility index (Phi) is 11.8. The minimum Gasteiger partial charge on any atom is -0.480 e. The second kappa shape index (κ2) is 15.7. The maximum atomic E-state index is 13.6. The Balaban J connectivity index is 1.38. The molecule has 1 aromatic heterocycles. The highest BCUT2D eigenvalue weighted by Gasteiger charge is 2.38. The first-order valence-corrected chi connectivity index (χ1v) is 16.6. The van der Waals surface area contributed by atoms with Crippen molar-refractivity contribution in [3.05, 3.63) is 83.0 Å². The van der Waals surface area contributed by atoms with Crippen molar-refractivity contribution in [3.8, 4) is 0 Å². The van der Waals surface area contributed by atoms with E-state index in [2.05, 4.69) is 25.7 Å². The lowest BCUT2D eigenvalue weighted by Gasteiger charge is -2.26. The summed E-state index contributed by atoms with van der Waals surface area (Å²) < 4.78 is 74.7. The van der Waals surface area contributed by atoms with E-state index in [1.54, 1.807) is 57.3 Å². The number of hydrogen-bond acceptors (Lipinski definition) is 8. The van der Waals surface area contributed by atoms with Gasteiger partial charge >= 0.3 is 18.2 Å². The number of anilines is 2. The Morgan fingerprint density at radius 1 is 1.06 bits per heavy atom. The predicted molar refractivity (Wildman–Crippen MR) is 173 cm³/mol. The zero-order valence-corrected chi connectivity index (χ0v) is 27.7. The summed E-state index contributed by atoms with van der Waals surface area (Å²) in [7, 11) is -4.27. The number of carboxylic acid groups (broad SMARTS) is 1. The van der Waals surface area contributed by atoms with Crippen LogP contribution in [0.3, 0.4) is 0 Å². The van der Waals surface area contributed by atoms with E-state index in [-0.39, 0.29) is 24.4 Å². The molecule has 0 unspecified atom stereocenters. The fourth-order valence-electron chi connectivity index (χ4n) is 5.63. The van der Waals surface area contributed by atoms with E-state index in [1.165, 1.54) is 17.0 Å². The van der Waals surface area contributed by atoms with Gasteiger partial charge in [0.15, 0.2) is 0 Å². The number of para-hydroxylation sites is 1. The fourth-order valence-corrected chi connectivity index (χ4v) is 7.27. The van der Waals surface area contributed by atoms with Crippen LogP contribution in [0.25, 0.3) is 0 Å². The Morgan fingerprint density at radius 2 is 1.73 bits per heavy atom. The Labute approximate surface area is 281 Å². The van der Waals surface area contributed by atoms with E-state index in [9.17, 15) is 41.1 Å². The number of carboxylic acids is 1. The van der Waals surface area contributed by atoms with Crippen molar-refractivity contribution in [3.63, 3.8) is 0 Å². The number of likely N-dealkylation sites (tertiary alicyclic amines) is 1. The van der Waals surface area contributed by atoms with E-state index in [0.29, 0.717) is 16.9 Å². The van der Waals surface area contributed by atoms with Crippen molar-refractivity contribution >= 4 is 39.4 Å². The highest BCUT2D eigenvalue weighted by Crippen LogP contribution is 2.35. The molecule has 264 valence electrons. The molecule has 0 aliphatic carbocycles. The third-order valence-electron chi connectivity index (χ3n) is 7.72. The smallest absolute Gasteiger partial charge is 0.418 e.